The van der Waals surface area contributed by atoms with Crippen LogP contribution < -0.4 is 26.8 Å². The van der Waals surface area contributed by atoms with Gasteiger partial charge in [0, 0.05) is 22.2 Å². The van der Waals surface area contributed by atoms with E-state index in [-0.39, 0.29) is 39.8 Å². The molecule has 0 aliphatic heterocycles. The summed E-state index contributed by atoms with van der Waals surface area (Å²) in [6.45, 7) is 1.52. The monoisotopic (exact) mass is 665 g/mol. The first kappa shape index (κ1) is 27.3. The number of hydrogen-bond donors (Lipinski definition) is 2. The molecule has 1 fully saturated rings. The number of aromatic nitrogens is 3. The average molecular weight is 665 g/mol. The van der Waals surface area contributed by atoms with E-state index >= 15 is 0 Å². The molecule has 4 aromatic rings. The number of benzene rings is 2. The molecule has 39 heavy (non-hydrogen) atoms. The maximum atomic E-state index is 14.8. The fourth-order valence-corrected chi connectivity index (χ4v) is 5.87. The predicted molar refractivity (Wildman–Crippen MR) is 156 cm³/mol. The van der Waals surface area contributed by atoms with Gasteiger partial charge in [-0.05, 0) is 85.3 Å². The van der Waals surface area contributed by atoms with Crippen molar-refractivity contribution in [1.82, 2.24) is 18.4 Å². The van der Waals surface area contributed by atoms with Crippen molar-refractivity contribution in [2.24, 2.45) is 7.05 Å². The van der Waals surface area contributed by atoms with Crippen LogP contribution in [0.3, 0.4) is 0 Å². The van der Waals surface area contributed by atoms with Crippen LogP contribution in [0.4, 0.5) is 15.9 Å². The number of nitrogens with one attached hydrogen (secondary N) is 2. The highest BCUT2D eigenvalue weighted by Gasteiger charge is 2.31. The number of fused-ring (bicyclic) bond motifs is 1. The molecule has 0 unspecified atom stereocenters. The number of rotatable bonds is 7. The lowest BCUT2D eigenvalue weighted by atomic mass is 10.1. The fraction of sp³-hybridized carbons (Fsp3) is 0.269. The van der Waals surface area contributed by atoms with Crippen LogP contribution in [-0.4, -0.2) is 29.2 Å². The second-order valence-corrected chi connectivity index (χ2v) is 12.6. The zero-order chi connectivity index (χ0) is 28.2. The van der Waals surface area contributed by atoms with E-state index < -0.39 is 32.6 Å². The van der Waals surface area contributed by atoms with Crippen molar-refractivity contribution in [1.29, 1.82) is 0 Å². The Bertz CT molecular complexity index is 1940. The fourth-order valence-electron chi connectivity index (χ4n) is 4.65. The first-order valence-corrected chi connectivity index (χ1v) is 14.8. The van der Waals surface area contributed by atoms with Gasteiger partial charge in [-0.1, -0.05) is 12.1 Å². The summed E-state index contributed by atoms with van der Waals surface area (Å²) in [6.07, 6.45) is 1.28. The summed E-state index contributed by atoms with van der Waals surface area (Å²) < 4.78 is 45.8. The van der Waals surface area contributed by atoms with Gasteiger partial charge in [-0.15, -0.1) is 0 Å². The molecule has 0 atom stereocenters. The summed E-state index contributed by atoms with van der Waals surface area (Å²) >= 11 is 1.98. The van der Waals surface area contributed by atoms with Crippen LogP contribution in [-0.2, 0) is 22.8 Å². The molecule has 1 aliphatic rings. The third-order valence-corrected chi connectivity index (χ3v) is 8.78. The number of anilines is 2. The average Bonchev–Trinajstić information content (AvgIpc) is 3.71. The Balaban J connectivity index is 1.88. The molecule has 1 aliphatic carbocycles. The van der Waals surface area contributed by atoms with E-state index in [2.05, 4.69) is 10.0 Å². The molecule has 0 saturated heterocycles. The lowest BCUT2D eigenvalue weighted by molar-refractivity contribution is 0.587. The highest BCUT2D eigenvalue weighted by Crippen LogP contribution is 2.34. The minimum atomic E-state index is -3.60. The lowest BCUT2D eigenvalue weighted by Crippen LogP contribution is -2.41. The molecule has 0 amide bonds. The Labute approximate surface area is 236 Å². The van der Waals surface area contributed by atoms with Crippen LogP contribution in [0, 0.1) is 16.3 Å². The number of sulfonamides is 1. The van der Waals surface area contributed by atoms with E-state index in [0.717, 1.165) is 0 Å². The summed E-state index contributed by atoms with van der Waals surface area (Å²) in [5.41, 5.74) is -0.718. The molecular weight excluding hydrogens is 640 g/mol. The Kier molecular flexibility index (Phi) is 7.01. The summed E-state index contributed by atoms with van der Waals surface area (Å²) in [7, 11) is -0.818. The van der Waals surface area contributed by atoms with Crippen molar-refractivity contribution >= 4 is 55.0 Å². The van der Waals surface area contributed by atoms with Crippen molar-refractivity contribution in [2.75, 3.05) is 12.4 Å². The molecule has 2 heterocycles. The Morgan fingerprint density at radius 2 is 1.79 bits per heavy atom. The van der Waals surface area contributed by atoms with Gasteiger partial charge in [0.25, 0.3) is 11.1 Å². The van der Waals surface area contributed by atoms with Crippen molar-refractivity contribution < 1.29 is 12.8 Å². The quantitative estimate of drug-likeness (QED) is 0.293. The van der Waals surface area contributed by atoms with Crippen molar-refractivity contribution in [3.8, 4) is 5.69 Å². The van der Waals surface area contributed by atoms with E-state index in [1.807, 2.05) is 22.6 Å². The van der Waals surface area contributed by atoms with Crippen LogP contribution in [0.5, 0.6) is 0 Å². The maximum Gasteiger partial charge on any atom is 0.336 e. The summed E-state index contributed by atoms with van der Waals surface area (Å²) in [6, 6.07) is 10.6. The van der Waals surface area contributed by atoms with E-state index in [1.54, 1.807) is 30.3 Å². The summed E-state index contributed by atoms with van der Waals surface area (Å²) in [4.78, 5) is 41.1. The van der Waals surface area contributed by atoms with Gasteiger partial charge in [0.2, 0.25) is 10.0 Å². The van der Waals surface area contributed by atoms with E-state index in [1.165, 1.54) is 46.9 Å². The third-order valence-electron chi connectivity index (χ3n) is 6.78. The minimum absolute atomic E-state index is 0.0442. The molecule has 0 bridgehead atoms. The molecule has 5 rings (SSSR count). The zero-order valence-electron chi connectivity index (χ0n) is 21.3. The van der Waals surface area contributed by atoms with Gasteiger partial charge in [-0.2, -0.15) is 0 Å². The van der Waals surface area contributed by atoms with Crippen molar-refractivity contribution in [3.63, 3.8) is 0 Å². The number of hydrogen-bond acceptors (Lipinski definition) is 6. The Morgan fingerprint density at radius 3 is 2.44 bits per heavy atom. The van der Waals surface area contributed by atoms with Crippen LogP contribution in [0.2, 0.25) is 0 Å². The van der Waals surface area contributed by atoms with Gasteiger partial charge in [-0.25, -0.2) is 22.3 Å². The van der Waals surface area contributed by atoms with Gasteiger partial charge in [-0.3, -0.25) is 23.3 Å². The largest absolute Gasteiger partial charge is 0.338 e. The molecule has 0 radical (unpaired) electrons. The van der Waals surface area contributed by atoms with Gasteiger partial charge < -0.3 is 5.32 Å². The molecule has 13 heteroatoms. The van der Waals surface area contributed by atoms with Crippen molar-refractivity contribution in [3.05, 3.63) is 94.2 Å². The second-order valence-electron chi connectivity index (χ2n) is 9.47. The SMILES string of the molecule is CNS(=O)(=O)Cc1cccc(-n2c(=O)n(C3CC3)c(=O)c3c(Nc4ccc(I)cc4F)n(C)c(=O)c(C)c32)c1. The standard InChI is InChI=1S/C26H25FIN5O5S/c1-14-22-21(23(31(3)24(14)34)30-20-10-7-16(28)12-19(20)27)25(35)33(17-8-9-17)26(36)32(22)18-6-4-5-15(11-18)13-39(37,38)29-2/h4-7,10-12,17,29-30H,8-9,13H2,1-3H3. The van der Waals surface area contributed by atoms with Gasteiger partial charge >= 0.3 is 5.69 Å². The summed E-state index contributed by atoms with van der Waals surface area (Å²) in [5.74, 6) is -0.855. The summed E-state index contributed by atoms with van der Waals surface area (Å²) in [5, 5.41) is 2.97. The maximum absolute atomic E-state index is 14.8. The van der Waals surface area contributed by atoms with E-state index in [9.17, 15) is 27.2 Å². The van der Waals surface area contributed by atoms with Crippen LogP contribution in [0.25, 0.3) is 16.6 Å². The van der Waals surface area contributed by atoms with Gasteiger partial charge in [0.15, 0.2) is 0 Å². The zero-order valence-corrected chi connectivity index (χ0v) is 24.3. The number of aryl methyl sites for hydroxylation is 1. The van der Waals surface area contributed by atoms with Crippen LogP contribution in [0.15, 0.2) is 56.8 Å². The molecule has 204 valence electrons. The lowest BCUT2D eigenvalue weighted by Gasteiger charge is -2.21. The van der Waals surface area contributed by atoms with Crippen LogP contribution >= 0.6 is 22.6 Å². The molecule has 2 N–H and O–H groups in total. The molecule has 10 nitrogen and oxygen atoms in total. The second kappa shape index (κ2) is 10.0. The number of pyridine rings is 1. The molecule has 2 aromatic carbocycles. The first-order valence-electron chi connectivity index (χ1n) is 12.1. The smallest absolute Gasteiger partial charge is 0.336 e. The third kappa shape index (κ3) is 4.94. The highest BCUT2D eigenvalue weighted by atomic mass is 127. The predicted octanol–water partition coefficient (Wildman–Crippen LogP) is 3.03. The van der Waals surface area contributed by atoms with Crippen molar-refractivity contribution in [2.45, 2.75) is 31.6 Å². The van der Waals surface area contributed by atoms with E-state index in [0.29, 0.717) is 27.7 Å². The Morgan fingerprint density at radius 1 is 1.08 bits per heavy atom. The van der Waals surface area contributed by atoms with E-state index in [4.69, 9.17) is 0 Å². The molecule has 1 saturated carbocycles. The van der Waals surface area contributed by atoms with Gasteiger partial charge in [0.1, 0.15) is 17.0 Å². The highest BCUT2D eigenvalue weighted by molar-refractivity contribution is 14.1. The minimum Gasteiger partial charge on any atom is -0.338 e. The number of halogens is 2. The van der Waals surface area contributed by atoms with Gasteiger partial charge in [0.05, 0.1) is 22.6 Å². The first-order chi connectivity index (χ1) is 18.4. The van der Waals surface area contributed by atoms with Crippen LogP contribution in [0.1, 0.15) is 30.0 Å². The Hall–Kier alpha value is -3.30. The normalized spacial score (nSPS) is 13.7. The topological polar surface area (TPSA) is 124 Å². The molecular formula is C26H25FIN5O5S. The number of nitrogens with zero attached hydrogens (tertiary/aromatic N) is 3. The molecule has 0 spiro atoms. The molecule has 2 aromatic heterocycles.